The van der Waals surface area contributed by atoms with E-state index in [0.29, 0.717) is 18.8 Å². The average Bonchev–Trinajstić information content (AvgIpc) is 3.00. The lowest BCUT2D eigenvalue weighted by Gasteiger charge is -2.00. The van der Waals surface area contributed by atoms with Crippen molar-refractivity contribution in [2.24, 2.45) is 5.73 Å². The molecular formula is C11H15Cl2N3OS2. The summed E-state index contributed by atoms with van der Waals surface area (Å²) in [6.07, 6.45) is 0.785. The molecule has 0 atom stereocenters. The summed E-state index contributed by atoms with van der Waals surface area (Å²) < 4.78 is 0. The van der Waals surface area contributed by atoms with E-state index in [1.807, 2.05) is 17.5 Å². The van der Waals surface area contributed by atoms with Gasteiger partial charge in [0.1, 0.15) is 10.7 Å². The molecule has 0 saturated heterocycles. The van der Waals surface area contributed by atoms with Crippen LogP contribution in [-0.4, -0.2) is 24.0 Å². The molecule has 2 aromatic rings. The largest absolute Gasteiger partial charge is 0.351 e. The Morgan fingerprint density at radius 2 is 2.16 bits per heavy atom. The summed E-state index contributed by atoms with van der Waals surface area (Å²) in [6, 6.07) is 3.97. The summed E-state index contributed by atoms with van der Waals surface area (Å²) in [5, 5.41) is 7.46. The first-order valence-electron chi connectivity index (χ1n) is 5.29. The Kier molecular flexibility index (Phi) is 8.95. The molecule has 0 saturated carbocycles. The van der Waals surface area contributed by atoms with Gasteiger partial charge in [-0.1, -0.05) is 6.07 Å². The molecule has 0 aliphatic carbocycles. The zero-order valence-corrected chi connectivity index (χ0v) is 13.3. The van der Waals surface area contributed by atoms with E-state index in [1.165, 1.54) is 11.3 Å². The van der Waals surface area contributed by atoms with Gasteiger partial charge in [0.15, 0.2) is 0 Å². The van der Waals surface area contributed by atoms with Gasteiger partial charge in [-0.05, 0) is 24.4 Å². The van der Waals surface area contributed by atoms with Crippen molar-refractivity contribution in [2.45, 2.75) is 6.42 Å². The lowest BCUT2D eigenvalue weighted by molar-refractivity contribution is 0.0949. The van der Waals surface area contributed by atoms with Gasteiger partial charge in [-0.15, -0.1) is 47.5 Å². The summed E-state index contributed by atoms with van der Waals surface area (Å²) in [6.45, 7) is 1.18. The fraction of sp³-hybridized carbons (Fsp3) is 0.273. The number of hydrogen-bond donors (Lipinski definition) is 2. The second-order valence-corrected chi connectivity index (χ2v) is 5.22. The van der Waals surface area contributed by atoms with Crippen molar-refractivity contribution in [2.75, 3.05) is 13.1 Å². The van der Waals surface area contributed by atoms with Crippen molar-refractivity contribution in [3.63, 3.8) is 0 Å². The van der Waals surface area contributed by atoms with Gasteiger partial charge in [0.2, 0.25) is 0 Å². The van der Waals surface area contributed by atoms with E-state index in [-0.39, 0.29) is 30.7 Å². The van der Waals surface area contributed by atoms with E-state index in [0.717, 1.165) is 16.3 Å². The molecule has 0 unspecified atom stereocenters. The number of halogens is 2. The Bertz CT molecular complexity index is 488. The van der Waals surface area contributed by atoms with Crippen LogP contribution in [0.15, 0.2) is 22.9 Å². The van der Waals surface area contributed by atoms with Crippen LogP contribution in [-0.2, 0) is 0 Å². The molecule has 3 N–H and O–H groups in total. The first kappa shape index (κ1) is 18.3. The molecule has 0 spiro atoms. The SMILES string of the molecule is Cl.Cl.NCCCNC(=O)c1csc(-c2cccs2)n1. The number of nitrogens with zero attached hydrogens (tertiary/aromatic N) is 1. The highest BCUT2D eigenvalue weighted by atomic mass is 35.5. The van der Waals surface area contributed by atoms with Gasteiger partial charge in [-0.3, -0.25) is 4.79 Å². The molecule has 0 aromatic carbocycles. The Labute approximate surface area is 132 Å². The molecule has 2 aromatic heterocycles. The predicted molar refractivity (Wildman–Crippen MR) is 85.9 cm³/mol. The van der Waals surface area contributed by atoms with E-state index >= 15 is 0 Å². The van der Waals surface area contributed by atoms with E-state index in [1.54, 1.807) is 16.7 Å². The Balaban J connectivity index is 0.00000162. The van der Waals surface area contributed by atoms with Gasteiger partial charge in [0.25, 0.3) is 5.91 Å². The minimum atomic E-state index is -0.127. The van der Waals surface area contributed by atoms with E-state index in [2.05, 4.69) is 10.3 Å². The number of amides is 1. The average molecular weight is 340 g/mol. The molecule has 106 valence electrons. The number of nitrogens with one attached hydrogen (secondary N) is 1. The number of hydrogen-bond acceptors (Lipinski definition) is 5. The van der Waals surface area contributed by atoms with Gasteiger partial charge < -0.3 is 11.1 Å². The van der Waals surface area contributed by atoms with Gasteiger partial charge in [-0.25, -0.2) is 4.98 Å². The molecule has 0 fully saturated rings. The van der Waals surface area contributed by atoms with Crippen LogP contribution in [0.4, 0.5) is 0 Å². The molecule has 0 aliphatic heterocycles. The predicted octanol–water partition coefficient (Wildman–Crippen LogP) is 2.79. The molecular weight excluding hydrogens is 325 g/mol. The topological polar surface area (TPSA) is 68.0 Å². The zero-order chi connectivity index (χ0) is 12.1. The summed E-state index contributed by atoms with van der Waals surface area (Å²) in [4.78, 5) is 17.1. The lowest BCUT2D eigenvalue weighted by atomic mass is 10.4. The molecule has 4 nitrogen and oxygen atoms in total. The molecule has 8 heteroatoms. The fourth-order valence-corrected chi connectivity index (χ4v) is 2.90. The van der Waals surface area contributed by atoms with Crippen molar-refractivity contribution in [1.29, 1.82) is 0 Å². The number of carbonyl (C=O) groups is 1. The lowest BCUT2D eigenvalue weighted by Crippen LogP contribution is -2.26. The molecule has 1 amide bonds. The van der Waals surface area contributed by atoms with Crippen molar-refractivity contribution in [1.82, 2.24) is 10.3 Å². The van der Waals surface area contributed by atoms with E-state index < -0.39 is 0 Å². The second-order valence-electron chi connectivity index (χ2n) is 3.41. The van der Waals surface area contributed by atoms with Crippen LogP contribution >= 0.6 is 47.5 Å². The van der Waals surface area contributed by atoms with Gasteiger partial charge in [-0.2, -0.15) is 0 Å². The third kappa shape index (κ3) is 5.08. The Hall–Kier alpha value is -0.660. The van der Waals surface area contributed by atoms with Crippen LogP contribution in [0.1, 0.15) is 16.9 Å². The Morgan fingerprint density at radius 3 is 2.79 bits per heavy atom. The normalized spacial score (nSPS) is 9.32. The zero-order valence-electron chi connectivity index (χ0n) is 10.00. The number of aromatic nitrogens is 1. The third-order valence-electron chi connectivity index (χ3n) is 2.14. The monoisotopic (exact) mass is 339 g/mol. The molecule has 0 aliphatic rings. The minimum absolute atomic E-state index is 0. The molecule has 19 heavy (non-hydrogen) atoms. The number of thiazole rings is 1. The maximum atomic E-state index is 11.7. The summed E-state index contributed by atoms with van der Waals surface area (Å²) in [7, 11) is 0. The number of thiophene rings is 1. The second kappa shape index (κ2) is 9.28. The summed E-state index contributed by atoms with van der Waals surface area (Å²) in [5.74, 6) is -0.127. The third-order valence-corrected chi connectivity index (χ3v) is 4.02. The molecule has 0 bridgehead atoms. The van der Waals surface area contributed by atoms with Gasteiger partial charge in [0, 0.05) is 11.9 Å². The summed E-state index contributed by atoms with van der Waals surface area (Å²) >= 11 is 3.11. The van der Waals surface area contributed by atoms with E-state index in [9.17, 15) is 4.79 Å². The number of carbonyl (C=O) groups excluding carboxylic acids is 1. The van der Waals surface area contributed by atoms with Crippen LogP contribution in [0.5, 0.6) is 0 Å². The highest BCUT2D eigenvalue weighted by molar-refractivity contribution is 7.20. The van der Waals surface area contributed by atoms with Crippen molar-refractivity contribution >= 4 is 53.4 Å². The number of rotatable bonds is 5. The van der Waals surface area contributed by atoms with Crippen molar-refractivity contribution in [3.05, 3.63) is 28.6 Å². The van der Waals surface area contributed by atoms with Gasteiger partial charge >= 0.3 is 0 Å². The van der Waals surface area contributed by atoms with Crippen molar-refractivity contribution in [3.8, 4) is 9.88 Å². The van der Waals surface area contributed by atoms with Crippen LogP contribution in [0.2, 0.25) is 0 Å². The Morgan fingerprint density at radius 1 is 1.37 bits per heavy atom. The fourth-order valence-electron chi connectivity index (χ4n) is 1.29. The first-order valence-corrected chi connectivity index (χ1v) is 7.05. The quantitative estimate of drug-likeness (QED) is 0.823. The smallest absolute Gasteiger partial charge is 0.270 e. The maximum absolute atomic E-state index is 11.7. The highest BCUT2D eigenvalue weighted by Crippen LogP contribution is 2.27. The number of nitrogens with two attached hydrogens (primary N) is 1. The van der Waals surface area contributed by atoms with Gasteiger partial charge in [0.05, 0.1) is 4.88 Å². The molecule has 2 heterocycles. The van der Waals surface area contributed by atoms with Crippen LogP contribution < -0.4 is 11.1 Å². The highest BCUT2D eigenvalue weighted by Gasteiger charge is 2.11. The standard InChI is InChI=1S/C11H13N3OS2.2ClH/c12-4-2-5-13-10(15)8-7-17-11(14-8)9-3-1-6-16-9;;/h1,3,6-7H,2,4-5,12H2,(H,13,15);2*1H. The first-order chi connectivity index (χ1) is 8.31. The van der Waals surface area contributed by atoms with Crippen molar-refractivity contribution < 1.29 is 4.79 Å². The van der Waals surface area contributed by atoms with E-state index in [4.69, 9.17) is 5.73 Å². The van der Waals surface area contributed by atoms with Crippen LogP contribution in [0, 0.1) is 0 Å². The van der Waals surface area contributed by atoms with Crippen LogP contribution in [0.3, 0.4) is 0 Å². The molecule has 0 radical (unpaired) electrons. The molecule has 2 rings (SSSR count). The summed E-state index contributed by atoms with van der Waals surface area (Å²) in [5.41, 5.74) is 5.84. The van der Waals surface area contributed by atoms with Crippen LogP contribution in [0.25, 0.3) is 9.88 Å². The maximum Gasteiger partial charge on any atom is 0.270 e. The minimum Gasteiger partial charge on any atom is -0.351 e.